The number of ketones is 1. The van der Waals surface area contributed by atoms with E-state index in [9.17, 15) is 4.79 Å². The van der Waals surface area contributed by atoms with Crippen LogP contribution in [-0.4, -0.2) is 43.9 Å². The van der Waals surface area contributed by atoms with Crippen molar-refractivity contribution in [1.29, 1.82) is 0 Å². The number of Topliss-reactive ketones (excluding diaryl/α,β-unsaturated/α-hetero) is 1. The normalized spacial score (nSPS) is 14.2. The third-order valence-electron chi connectivity index (χ3n) is 4.93. The summed E-state index contributed by atoms with van der Waals surface area (Å²) in [6.45, 7) is 3.79. The third kappa shape index (κ3) is 5.09. The van der Waals surface area contributed by atoms with Gasteiger partial charge in [0.05, 0.1) is 26.6 Å². The maximum atomic E-state index is 12.8. The van der Waals surface area contributed by atoms with Crippen LogP contribution in [0.4, 0.5) is 0 Å². The van der Waals surface area contributed by atoms with E-state index in [-0.39, 0.29) is 11.7 Å². The van der Waals surface area contributed by atoms with Crippen molar-refractivity contribution in [2.24, 2.45) is 4.99 Å². The lowest BCUT2D eigenvalue weighted by Gasteiger charge is -2.14. The molecule has 6 heteroatoms. The quantitative estimate of drug-likeness (QED) is 0.674. The molecule has 1 aromatic heterocycles. The van der Waals surface area contributed by atoms with Gasteiger partial charge in [-0.1, -0.05) is 6.92 Å². The summed E-state index contributed by atoms with van der Waals surface area (Å²) in [5, 5.41) is 3.26. The molecule has 2 heterocycles. The lowest BCUT2D eigenvalue weighted by atomic mass is 9.93. The van der Waals surface area contributed by atoms with Gasteiger partial charge >= 0.3 is 0 Å². The number of benzene rings is 1. The number of aliphatic imine (C=N–C) groups is 1. The molecule has 0 saturated carbocycles. The van der Waals surface area contributed by atoms with Crippen LogP contribution in [0.1, 0.15) is 47.3 Å². The summed E-state index contributed by atoms with van der Waals surface area (Å²) in [6.07, 6.45) is 3.72. The molecular weight excluding hydrogens is 354 g/mol. The molecule has 1 unspecified atom stereocenters. The summed E-state index contributed by atoms with van der Waals surface area (Å²) in [6, 6.07) is 9.42. The summed E-state index contributed by atoms with van der Waals surface area (Å²) in [7, 11) is 3.25. The molecule has 1 atom stereocenters. The number of nitrogens with one attached hydrogen (secondary N) is 1. The Bertz CT molecular complexity index is 842. The fourth-order valence-corrected chi connectivity index (χ4v) is 3.28. The van der Waals surface area contributed by atoms with Crippen LogP contribution in [0.15, 0.2) is 41.5 Å². The minimum atomic E-state index is 0.0464. The lowest BCUT2D eigenvalue weighted by molar-refractivity contribution is 0.0975. The van der Waals surface area contributed by atoms with E-state index in [0.717, 1.165) is 54.5 Å². The summed E-state index contributed by atoms with van der Waals surface area (Å²) in [4.78, 5) is 21.6. The Morgan fingerprint density at radius 1 is 1.14 bits per heavy atom. The number of carbonyl (C=O) groups excluding carboxylic acids is 1. The summed E-state index contributed by atoms with van der Waals surface area (Å²) >= 11 is 0. The van der Waals surface area contributed by atoms with Crippen LogP contribution in [-0.2, 0) is 6.42 Å². The maximum absolute atomic E-state index is 12.8. The van der Waals surface area contributed by atoms with Gasteiger partial charge in [0, 0.05) is 42.9 Å². The van der Waals surface area contributed by atoms with E-state index < -0.39 is 0 Å². The minimum Gasteiger partial charge on any atom is -0.497 e. The Morgan fingerprint density at radius 2 is 1.89 bits per heavy atom. The molecule has 28 heavy (non-hydrogen) atoms. The van der Waals surface area contributed by atoms with E-state index in [2.05, 4.69) is 15.3 Å². The number of pyridine rings is 1. The van der Waals surface area contributed by atoms with Gasteiger partial charge in [0.15, 0.2) is 5.78 Å². The van der Waals surface area contributed by atoms with Crippen molar-refractivity contribution in [2.75, 3.05) is 27.3 Å². The number of hydrogen-bond acceptors (Lipinski definition) is 6. The number of aromatic nitrogens is 1. The Morgan fingerprint density at radius 3 is 2.54 bits per heavy atom. The molecule has 0 amide bonds. The van der Waals surface area contributed by atoms with Crippen LogP contribution in [0.2, 0.25) is 0 Å². The van der Waals surface area contributed by atoms with E-state index in [0.29, 0.717) is 12.0 Å². The Hall–Kier alpha value is -2.89. The number of ether oxygens (including phenoxy) is 2. The maximum Gasteiger partial charge on any atom is 0.163 e. The van der Waals surface area contributed by atoms with E-state index in [4.69, 9.17) is 9.47 Å². The molecule has 2 aromatic rings. The third-order valence-corrected chi connectivity index (χ3v) is 4.93. The molecule has 0 spiro atoms. The van der Waals surface area contributed by atoms with Crippen LogP contribution in [0.5, 0.6) is 11.5 Å². The molecule has 0 fully saturated rings. The zero-order chi connectivity index (χ0) is 19.9. The predicted octanol–water partition coefficient (Wildman–Crippen LogP) is 3.41. The van der Waals surface area contributed by atoms with Crippen molar-refractivity contribution in [3.05, 3.63) is 53.3 Å². The van der Waals surface area contributed by atoms with Gasteiger partial charge < -0.3 is 14.8 Å². The second kappa shape index (κ2) is 9.35. The molecule has 1 N–H and O–H groups in total. The van der Waals surface area contributed by atoms with E-state index in [1.54, 1.807) is 26.5 Å². The van der Waals surface area contributed by atoms with Crippen LogP contribution in [0, 0.1) is 0 Å². The Labute approximate surface area is 166 Å². The molecule has 0 saturated heterocycles. The fourth-order valence-electron chi connectivity index (χ4n) is 3.28. The van der Waals surface area contributed by atoms with Crippen LogP contribution < -0.4 is 14.8 Å². The van der Waals surface area contributed by atoms with Crippen LogP contribution >= 0.6 is 0 Å². The Kier molecular flexibility index (Phi) is 6.63. The first-order chi connectivity index (χ1) is 13.6. The molecule has 1 aliphatic heterocycles. The molecule has 0 radical (unpaired) electrons. The lowest BCUT2D eigenvalue weighted by Crippen LogP contribution is -2.19. The minimum absolute atomic E-state index is 0.0464. The van der Waals surface area contributed by atoms with Gasteiger partial charge in [0.25, 0.3) is 0 Å². The molecule has 148 valence electrons. The highest BCUT2D eigenvalue weighted by Crippen LogP contribution is 2.29. The van der Waals surface area contributed by atoms with E-state index in [1.807, 2.05) is 31.2 Å². The molecule has 1 aromatic carbocycles. The van der Waals surface area contributed by atoms with Crippen LogP contribution in [0.25, 0.3) is 0 Å². The zero-order valence-electron chi connectivity index (χ0n) is 16.7. The number of methoxy groups -OCH3 is 2. The average Bonchev–Trinajstić information content (AvgIpc) is 3.25. The molecule has 3 rings (SSSR count). The predicted molar refractivity (Wildman–Crippen MR) is 110 cm³/mol. The van der Waals surface area contributed by atoms with Crippen LogP contribution in [0.3, 0.4) is 0 Å². The highest BCUT2D eigenvalue weighted by atomic mass is 16.5. The SMILES string of the molecule is COc1cc(OC)cc(C(C)CC(=O)c2ccnc(CCC3=NCCN3)c2)c1. The molecular formula is C22H27N3O3. The second-order valence-corrected chi connectivity index (χ2v) is 6.97. The summed E-state index contributed by atoms with van der Waals surface area (Å²) in [5.41, 5.74) is 2.63. The number of amidine groups is 1. The van der Waals surface area contributed by atoms with Gasteiger partial charge in [0.1, 0.15) is 11.5 Å². The first-order valence-corrected chi connectivity index (χ1v) is 9.57. The second-order valence-electron chi connectivity index (χ2n) is 6.97. The van der Waals surface area contributed by atoms with Crippen molar-refractivity contribution >= 4 is 11.6 Å². The Balaban J connectivity index is 1.66. The zero-order valence-corrected chi connectivity index (χ0v) is 16.7. The van der Waals surface area contributed by atoms with Crippen molar-refractivity contribution in [1.82, 2.24) is 10.3 Å². The summed E-state index contributed by atoms with van der Waals surface area (Å²) < 4.78 is 10.7. The summed E-state index contributed by atoms with van der Waals surface area (Å²) in [5.74, 6) is 2.63. The highest BCUT2D eigenvalue weighted by Gasteiger charge is 2.16. The average molecular weight is 381 g/mol. The van der Waals surface area contributed by atoms with Gasteiger partial charge in [-0.2, -0.15) is 0 Å². The van der Waals surface area contributed by atoms with Gasteiger partial charge in [-0.25, -0.2) is 0 Å². The molecule has 6 nitrogen and oxygen atoms in total. The van der Waals surface area contributed by atoms with Crippen molar-refractivity contribution in [3.63, 3.8) is 0 Å². The van der Waals surface area contributed by atoms with E-state index in [1.165, 1.54) is 0 Å². The number of rotatable bonds is 9. The molecule has 1 aliphatic rings. The highest BCUT2D eigenvalue weighted by molar-refractivity contribution is 5.96. The van der Waals surface area contributed by atoms with Crippen molar-refractivity contribution < 1.29 is 14.3 Å². The number of aryl methyl sites for hydroxylation is 1. The largest absolute Gasteiger partial charge is 0.497 e. The first-order valence-electron chi connectivity index (χ1n) is 9.57. The fraction of sp³-hybridized carbons (Fsp3) is 0.409. The van der Waals surface area contributed by atoms with E-state index >= 15 is 0 Å². The van der Waals surface area contributed by atoms with Crippen molar-refractivity contribution in [3.8, 4) is 11.5 Å². The first kappa shape index (κ1) is 19.9. The standard InChI is InChI=1S/C22H27N3O3/c1-15(17-12-19(27-2)14-20(13-17)28-3)10-21(26)16-6-7-23-18(11-16)4-5-22-24-8-9-25-22/h6-7,11-15H,4-5,8-10H2,1-3H3,(H,24,25). The monoisotopic (exact) mass is 381 g/mol. The van der Waals surface area contributed by atoms with Gasteiger partial charge in [0.2, 0.25) is 0 Å². The number of carbonyl (C=O) groups is 1. The van der Waals surface area contributed by atoms with Gasteiger partial charge in [-0.05, 0) is 42.2 Å². The topological polar surface area (TPSA) is 72.8 Å². The van der Waals surface area contributed by atoms with Gasteiger partial charge in [-0.3, -0.25) is 14.8 Å². The number of nitrogens with zero attached hydrogens (tertiary/aromatic N) is 2. The molecule has 0 aliphatic carbocycles. The number of hydrogen-bond donors (Lipinski definition) is 1. The molecule has 0 bridgehead atoms. The smallest absolute Gasteiger partial charge is 0.163 e. The van der Waals surface area contributed by atoms with Crippen molar-refractivity contribution in [2.45, 2.75) is 32.1 Å². The van der Waals surface area contributed by atoms with Gasteiger partial charge in [-0.15, -0.1) is 0 Å².